The van der Waals surface area contributed by atoms with Gasteiger partial charge in [-0.15, -0.1) is 0 Å². The van der Waals surface area contributed by atoms with Crippen molar-refractivity contribution in [2.75, 3.05) is 13.3 Å². The number of carbonyl (C=O) groups excluding carboxylic acids is 1. The first kappa shape index (κ1) is 21.3. The third-order valence-corrected chi connectivity index (χ3v) is 5.45. The van der Waals surface area contributed by atoms with E-state index in [9.17, 15) is 10.1 Å². The van der Waals surface area contributed by atoms with Crippen molar-refractivity contribution in [3.8, 4) is 17.6 Å². The van der Waals surface area contributed by atoms with Gasteiger partial charge in [0.2, 0.25) is 6.79 Å². The minimum atomic E-state index is -0.302. The summed E-state index contributed by atoms with van der Waals surface area (Å²) in [6.45, 7) is 10.9. The van der Waals surface area contributed by atoms with Crippen LogP contribution in [0.5, 0.6) is 11.5 Å². The maximum absolute atomic E-state index is 12.8. The number of ether oxygens (including phenoxy) is 3. The summed E-state index contributed by atoms with van der Waals surface area (Å²) in [5.74, 6) is 1.60. The number of hydrogen-bond acceptors (Lipinski definition) is 6. The van der Waals surface area contributed by atoms with Gasteiger partial charge in [-0.1, -0.05) is 13.3 Å². The molecule has 158 valence electrons. The van der Waals surface area contributed by atoms with Crippen molar-refractivity contribution in [1.29, 1.82) is 5.26 Å². The number of carbonyl (C=O) groups is 1. The van der Waals surface area contributed by atoms with E-state index in [-0.39, 0.29) is 31.1 Å². The second-order valence-electron chi connectivity index (χ2n) is 8.28. The molecule has 2 atom stereocenters. The van der Waals surface area contributed by atoms with Crippen LogP contribution in [0.1, 0.15) is 58.6 Å². The molecule has 3 rings (SSSR count). The molecule has 0 spiro atoms. The maximum Gasteiger partial charge on any atom is 0.424 e. The Morgan fingerprint density at radius 1 is 1.28 bits per heavy atom. The largest absolute Gasteiger partial charge is 0.454 e. The number of benzene rings is 1. The average molecular weight is 402 g/mol. The lowest BCUT2D eigenvalue weighted by molar-refractivity contribution is -0.0363. The molecule has 0 aliphatic carbocycles. The van der Waals surface area contributed by atoms with Crippen LogP contribution in [0.3, 0.4) is 0 Å². The van der Waals surface area contributed by atoms with Crippen LogP contribution in [-0.2, 0) is 11.2 Å². The van der Waals surface area contributed by atoms with Crippen LogP contribution in [0.15, 0.2) is 12.1 Å². The molecule has 0 radical (unpaired) electrons. The molecule has 1 aromatic carbocycles. The average Bonchev–Trinajstić information content (AvgIpc) is 3.25. The third-order valence-electron chi connectivity index (χ3n) is 5.45. The molecule has 2 heterocycles. The molecular formula is C22H31N3O4. The summed E-state index contributed by atoms with van der Waals surface area (Å²) in [4.78, 5) is 12.8. The molecule has 0 unspecified atom stereocenters. The molecule has 1 fully saturated rings. The van der Waals surface area contributed by atoms with Crippen LogP contribution in [-0.4, -0.2) is 47.6 Å². The summed E-state index contributed by atoms with van der Waals surface area (Å²) in [7, 11) is 0. The van der Waals surface area contributed by atoms with E-state index in [1.165, 1.54) is 0 Å². The van der Waals surface area contributed by atoms with Crippen LogP contribution in [0.2, 0.25) is 0 Å². The van der Waals surface area contributed by atoms with E-state index in [1.54, 1.807) is 11.1 Å². The van der Waals surface area contributed by atoms with Gasteiger partial charge in [0.15, 0.2) is 11.5 Å². The molecule has 0 aromatic heterocycles. The van der Waals surface area contributed by atoms with Gasteiger partial charge < -0.3 is 14.2 Å². The summed E-state index contributed by atoms with van der Waals surface area (Å²) in [5.41, 5.74) is 1.52. The summed E-state index contributed by atoms with van der Waals surface area (Å²) >= 11 is 0. The fourth-order valence-electron chi connectivity index (χ4n) is 4.32. The molecule has 7 nitrogen and oxygen atoms in total. The highest BCUT2D eigenvalue weighted by Gasteiger charge is 2.44. The normalized spacial score (nSPS) is 21.1. The van der Waals surface area contributed by atoms with Crippen molar-refractivity contribution >= 4 is 6.09 Å². The zero-order chi connectivity index (χ0) is 21.1. The summed E-state index contributed by atoms with van der Waals surface area (Å²) in [6, 6.07) is 6.19. The molecule has 29 heavy (non-hydrogen) atoms. The van der Waals surface area contributed by atoms with E-state index in [0.717, 1.165) is 18.4 Å². The van der Waals surface area contributed by atoms with Gasteiger partial charge in [-0.25, -0.2) is 14.8 Å². The number of hydrazine groups is 1. The van der Waals surface area contributed by atoms with Crippen molar-refractivity contribution in [3.63, 3.8) is 0 Å². The second kappa shape index (κ2) is 8.91. The topological polar surface area (TPSA) is 75.0 Å². The summed E-state index contributed by atoms with van der Waals surface area (Å²) in [5, 5.41) is 13.6. The third kappa shape index (κ3) is 4.43. The lowest BCUT2D eigenvalue weighted by atomic mass is 9.89. The minimum Gasteiger partial charge on any atom is -0.454 e. The van der Waals surface area contributed by atoms with E-state index in [1.807, 2.05) is 19.9 Å². The minimum absolute atomic E-state index is 0.0992. The molecule has 2 aliphatic rings. The van der Waals surface area contributed by atoms with Gasteiger partial charge in [0, 0.05) is 24.7 Å². The first-order valence-electron chi connectivity index (χ1n) is 10.4. The Hall–Kier alpha value is -2.46. The Morgan fingerprint density at radius 3 is 2.55 bits per heavy atom. The molecule has 2 aliphatic heterocycles. The summed E-state index contributed by atoms with van der Waals surface area (Å²) in [6.07, 6.45) is 2.23. The van der Waals surface area contributed by atoms with Gasteiger partial charge in [0.05, 0.1) is 17.7 Å². The molecule has 0 N–H and O–H groups in total. The van der Waals surface area contributed by atoms with E-state index >= 15 is 0 Å². The van der Waals surface area contributed by atoms with Crippen molar-refractivity contribution < 1.29 is 19.0 Å². The molecule has 1 saturated heterocycles. The Labute approximate surface area is 173 Å². The molecule has 7 heteroatoms. The maximum atomic E-state index is 12.8. The first-order chi connectivity index (χ1) is 13.8. The molecular weight excluding hydrogens is 370 g/mol. The first-order valence-corrected chi connectivity index (χ1v) is 10.4. The van der Waals surface area contributed by atoms with E-state index in [2.05, 4.69) is 31.8 Å². The van der Waals surface area contributed by atoms with Gasteiger partial charge in [-0.2, -0.15) is 5.26 Å². The van der Waals surface area contributed by atoms with Gasteiger partial charge in [-0.05, 0) is 58.1 Å². The van der Waals surface area contributed by atoms with Crippen LogP contribution in [0, 0.1) is 17.2 Å². The highest BCUT2D eigenvalue weighted by atomic mass is 16.7. The quantitative estimate of drug-likeness (QED) is 0.714. The van der Waals surface area contributed by atoms with Crippen LogP contribution < -0.4 is 9.47 Å². The van der Waals surface area contributed by atoms with Gasteiger partial charge in [0.1, 0.15) is 0 Å². The smallest absolute Gasteiger partial charge is 0.424 e. The van der Waals surface area contributed by atoms with Crippen molar-refractivity contribution in [2.24, 2.45) is 5.92 Å². The van der Waals surface area contributed by atoms with Crippen molar-refractivity contribution in [2.45, 2.75) is 72.1 Å². The number of nitriles is 1. The fourth-order valence-corrected chi connectivity index (χ4v) is 4.32. The number of fused-ring (bicyclic) bond motifs is 1. The molecule has 0 bridgehead atoms. The van der Waals surface area contributed by atoms with E-state index in [4.69, 9.17) is 14.2 Å². The summed E-state index contributed by atoms with van der Waals surface area (Å²) < 4.78 is 16.4. The highest BCUT2D eigenvalue weighted by molar-refractivity contribution is 5.67. The zero-order valence-corrected chi connectivity index (χ0v) is 18.0. The number of nitrogens with zero attached hydrogens (tertiary/aromatic N) is 3. The van der Waals surface area contributed by atoms with Crippen LogP contribution in [0.4, 0.5) is 4.79 Å². The van der Waals surface area contributed by atoms with E-state index < -0.39 is 0 Å². The molecule has 0 saturated carbocycles. The Kier molecular flexibility index (Phi) is 6.53. The van der Waals surface area contributed by atoms with E-state index in [0.29, 0.717) is 35.9 Å². The van der Waals surface area contributed by atoms with Crippen LogP contribution >= 0.6 is 0 Å². The van der Waals surface area contributed by atoms with Gasteiger partial charge in [0.25, 0.3) is 0 Å². The Bertz CT molecular complexity index is 787. The van der Waals surface area contributed by atoms with Crippen molar-refractivity contribution in [1.82, 2.24) is 10.0 Å². The van der Waals surface area contributed by atoms with Crippen molar-refractivity contribution in [3.05, 3.63) is 23.3 Å². The Morgan fingerprint density at radius 2 is 1.97 bits per heavy atom. The predicted molar refractivity (Wildman–Crippen MR) is 108 cm³/mol. The van der Waals surface area contributed by atoms with Gasteiger partial charge in [-0.3, -0.25) is 0 Å². The zero-order valence-electron chi connectivity index (χ0n) is 18.0. The molecule has 1 amide bonds. The number of hydrogen-bond donors (Lipinski definition) is 0. The fraction of sp³-hybridized carbons (Fsp3) is 0.636. The second-order valence-corrected chi connectivity index (χ2v) is 8.28. The molecule has 1 aromatic rings. The lowest BCUT2D eigenvalue weighted by Gasteiger charge is -2.36. The lowest BCUT2D eigenvalue weighted by Crippen LogP contribution is -2.50. The Balaban J connectivity index is 1.92. The number of rotatable bonds is 6. The number of amides is 1. The SMILES string of the molecule is CCC[C@H]1CN(C(=O)OC(C)C)N(C(C)C)[C@@H]1Cc1cc2c(cc1C#N)OCO2. The highest BCUT2D eigenvalue weighted by Crippen LogP contribution is 2.38. The standard InChI is InChI=1S/C22H31N3O4/c1-6-7-16-12-24(22(26)29-15(4)5)25(14(2)3)19(16)8-17-9-20-21(28-13-27-20)10-18(17)11-23/h9-10,14-16,19H,6-8,12-13H2,1-5H3/t16-,19+/m0/s1. The van der Waals surface area contributed by atoms with Gasteiger partial charge >= 0.3 is 6.09 Å². The van der Waals surface area contributed by atoms with Crippen LogP contribution in [0.25, 0.3) is 0 Å². The predicted octanol–water partition coefficient (Wildman–Crippen LogP) is 4.10. The monoisotopic (exact) mass is 401 g/mol.